The van der Waals surface area contributed by atoms with Gasteiger partial charge in [-0.15, -0.1) is 0 Å². The van der Waals surface area contributed by atoms with E-state index in [2.05, 4.69) is 20.2 Å². The number of aliphatic hydroxyl groups is 1. The van der Waals surface area contributed by atoms with Crippen molar-refractivity contribution in [3.05, 3.63) is 12.2 Å². The molecular formula is C8H18NO+. The quantitative estimate of drug-likeness (QED) is 0.453. The summed E-state index contributed by atoms with van der Waals surface area (Å²) in [4.78, 5) is 0. The molecular weight excluding hydrogens is 126 g/mol. The Morgan fingerprint density at radius 2 is 2.00 bits per heavy atom. The maximum Gasteiger partial charge on any atom is 0.102 e. The topological polar surface area (TPSA) is 20.2 Å². The molecule has 0 aliphatic carbocycles. The summed E-state index contributed by atoms with van der Waals surface area (Å²) in [6.07, 6.45) is 4.16. The maximum atomic E-state index is 8.66. The van der Waals surface area contributed by atoms with E-state index >= 15 is 0 Å². The summed E-state index contributed by atoms with van der Waals surface area (Å²) in [5, 5.41) is 8.66. The van der Waals surface area contributed by atoms with Crippen LogP contribution in [-0.2, 0) is 0 Å². The zero-order valence-corrected chi connectivity index (χ0v) is 7.17. The number of quaternary nitrogens is 1. The largest absolute Gasteiger partial charge is 0.391 e. The van der Waals surface area contributed by atoms with E-state index in [4.69, 9.17) is 5.11 Å². The molecule has 0 radical (unpaired) electrons. The van der Waals surface area contributed by atoms with E-state index in [-0.39, 0.29) is 6.61 Å². The molecule has 0 amide bonds. The van der Waals surface area contributed by atoms with Crippen molar-refractivity contribution in [1.82, 2.24) is 0 Å². The first-order valence-corrected chi connectivity index (χ1v) is 3.66. The van der Waals surface area contributed by atoms with Gasteiger partial charge in [0, 0.05) is 0 Å². The van der Waals surface area contributed by atoms with Gasteiger partial charge in [0.05, 0.1) is 27.2 Å². The molecule has 0 saturated heterocycles. The second-order valence-corrected chi connectivity index (χ2v) is 3.13. The van der Waals surface area contributed by atoms with Crippen LogP contribution < -0.4 is 0 Å². The average Bonchev–Trinajstić information content (AvgIpc) is 1.84. The lowest BCUT2D eigenvalue weighted by atomic mass is 10.4. The third kappa shape index (κ3) is 4.53. The summed E-state index contributed by atoms with van der Waals surface area (Å²) in [5.74, 6) is 0. The van der Waals surface area contributed by atoms with Crippen molar-refractivity contribution in [2.45, 2.75) is 6.92 Å². The smallest absolute Gasteiger partial charge is 0.102 e. The zero-order chi connectivity index (χ0) is 8.04. The molecule has 0 aromatic heterocycles. The van der Waals surface area contributed by atoms with Crippen LogP contribution in [0.3, 0.4) is 0 Å². The number of nitrogens with zero attached hydrogens (tertiary/aromatic N) is 1. The van der Waals surface area contributed by atoms with Gasteiger partial charge in [-0.1, -0.05) is 6.08 Å². The molecule has 60 valence electrons. The van der Waals surface area contributed by atoms with Gasteiger partial charge in [-0.3, -0.25) is 0 Å². The minimum Gasteiger partial charge on any atom is -0.391 e. The van der Waals surface area contributed by atoms with Crippen molar-refractivity contribution < 1.29 is 9.59 Å². The SMILES string of the molecule is CC=CC[N+](C)(C)CCO. The summed E-state index contributed by atoms with van der Waals surface area (Å²) >= 11 is 0. The molecule has 0 aliphatic heterocycles. The molecule has 0 aliphatic rings. The van der Waals surface area contributed by atoms with Crippen molar-refractivity contribution in [2.24, 2.45) is 0 Å². The van der Waals surface area contributed by atoms with Crippen molar-refractivity contribution in [2.75, 3.05) is 33.8 Å². The third-order valence-corrected chi connectivity index (χ3v) is 1.54. The molecule has 0 rings (SSSR count). The van der Waals surface area contributed by atoms with Crippen molar-refractivity contribution in [3.8, 4) is 0 Å². The lowest BCUT2D eigenvalue weighted by Gasteiger charge is -2.27. The lowest BCUT2D eigenvalue weighted by Crippen LogP contribution is -2.41. The monoisotopic (exact) mass is 144 g/mol. The highest BCUT2D eigenvalue weighted by atomic mass is 16.3. The average molecular weight is 144 g/mol. The first-order valence-electron chi connectivity index (χ1n) is 3.66. The molecule has 2 nitrogen and oxygen atoms in total. The molecule has 0 spiro atoms. The fraction of sp³-hybridized carbons (Fsp3) is 0.750. The lowest BCUT2D eigenvalue weighted by molar-refractivity contribution is -0.884. The van der Waals surface area contributed by atoms with Crippen LogP contribution in [0.4, 0.5) is 0 Å². The van der Waals surface area contributed by atoms with Gasteiger partial charge < -0.3 is 9.59 Å². The maximum absolute atomic E-state index is 8.66. The number of hydrogen-bond acceptors (Lipinski definition) is 1. The number of allylic oxidation sites excluding steroid dienone is 1. The van der Waals surface area contributed by atoms with Crippen LogP contribution in [0.2, 0.25) is 0 Å². The van der Waals surface area contributed by atoms with Gasteiger partial charge in [0.15, 0.2) is 0 Å². The molecule has 1 N–H and O–H groups in total. The predicted molar refractivity (Wildman–Crippen MR) is 43.7 cm³/mol. The Morgan fingerprint density at radius 3 is 2.40 bits per heavy atom. The molecule has 0 heterocycles. The molecule has 0 aromatic carbocycles. The Morgan fingerprint density at radius 1 is 1.40 bits per heavy atom. The minimum absolute atomic E-state index is 0.268. The van der Waals surface area contributed by atoms with Crippen LogP contribution in [0.15, 0.2) is 12.2 Å². The molecule has 0 fully saturated rings. The van der Waals surface area contributed by atoms with Crippen molar-refractivity contribution >= 4 is 0 Å². The summed E-state index contributed by atoms with van der Waals surface area (Å²) < 4.78 is 0.862. The van der Waals surface area contributed by atoms with Gasteiger partial charge in [-0.05, 0) is 13.0 Å². The Hall–Kier alpha value is -0.340. The molecule has 2 heteroatoms. The Kier molecular flexibility index (Phi) is 4.32. The first kappa shape index (κ1) is 9.66. The van der Waals surface area contributed by atoms with E-state index in [1.165, 1.54) is 0 Å². The zero-order valence-electron chi connectivity index (χ0n) is 7.17. The summed E-state index contributed by atoms with van der Waals surface area (Å²) in [5.41, 5.74) is 0. The summed E-state index contributed by atoms with van der Waals surface area (Å²) in [7, 11) is 4.21. The first-order chi connectivity index (χ1) is 4.62. The molecule has 0 saturated carbocycles. The van der Waals surface area contributed by atoms with Gasteiger partial charge in [-0.25, -0.2) is 0 Å². The minimum atomic E-state index is 0.268. The molecule has 10 heavy (non-hydrogen) atoms. The number of hydrogen-bond donors (Lipinski definition) is 1. The van der Waals surface area contributed by atoms with E-state index in [1.807, 2.05) is 13.0 Å². The second kappa shape index (κ2) is 4.47. The van der Waals surface area contributed by atoms with E-state index < -0.39 is 0 Å². The Bertz CT molecular complexity index is 108. The van der Waals surface area contributed by atoms with E-state index in [0.29, 0.717) is 0 Å². The highest BCUT2D eigenvalue weighted by Crippen LogP contribution is 1.95. The standard InChI is InChI=1S/C8H18NO/c1-4-5-6-9(2,3)7-8-10/h4-5,10H,6-8H2,1-3H3/q+1. The fourth-order valence-corrected chi connectivity index (χ4v) is 0.753. The number of likely N-dealkylation sites (N-methyl/N-ethyl adjacent to an activating group) is 1. The highest BCUT2D eigenvalue weighted by molar-refractivity contribution is 4.75. The Balaban J connectivity index is 3.62. The van der Waals surface area contributed by atoms with Crippen LogP contribution >= 0.6 is 0 Å². The van der Waals surface area contributed by atoms with Crippen molar-refractivity contribution in [3.63, 3.8) is 0 Å². The highest BCUT2D eigenvalue weighted by Gasteiger charge is 2.09. The van der Waals surface area contributed by atoms with E-state index in [0.717, 1.165) is 17.6 Å². The normalized spacial score (nSPS) is 12.8. The van der Waals surface area contributed by atoms with Gasteiger partial charge in [0.25, 0.3) is 0 Å². The van der Waals surface area contributed by atoms with Crippen LogP contribution in [0.25, 0.3) is 0 Å². The van der Waals surface area contributed by atoms with Crippen LogP contribution in [0.1, 0.15) is 6.92 Å². The van der Waals surface area contributed by atoms with Gasteiger partial charge >= 0.3 is 0 Å². The molecule has 0 unspecified atom stereocenters. The molecule has 0 bridgehead atoms. The van der Waals surface area contributed by atoms with Gasteiger partial charge in [-0.2, -0.15) is 0 Å². The van der Waals surface area contributed by atoms with Crippen LogP contribution in [0, 0.1) is 0 Å². The fourth-order valence-electron chi connectivity index (χ4n) is 0.753. The van der Waals surface area contributed by atoms with Gasteiger partial charge in [0.1, 0.15) is 6.54 Å². The van der Waals surface area contributed by atoms with E-state index in [9.17, 15) is 0 Å². The number of aliphatic hydroxyl groups excluding tert-OH is 1. The summed E-state index contributed by atoms with van der Waals surface area (Å²) in [6, 6.07) is 0. The molecule has 0 aromatic rings. The predicted octanol–water partition coefficient (Wildman–Crippen LogP) is 0.631. The van der Waals surface area contributed by atoms with E-state index in [1.54, 1.807) is 0 Å². The second-order valence-electron chi connectivity index (χ2n) is 3.13. The van der Waals surface area contributed by atoms with Crippen LogP contribution in [0.5, 0.6) is 0 Å². The van der Waals surface area contributed by atoms with Crippen molar-refractivity contribution in [1.29, 1.82) is 0 Å². The van der Waals surface area contributed by atoms with Crippen LogP contribution in [-0.4, -0.2) is 43.4 Å². The Labute approximate surface area is 63.4 Å². The molecule has 0 atom stereocenters. The van der Waals surface area contributed by atoms with Gasteiger partial charge in [0.2, 0.25) is 0 Å². The third-order valence-electron chi connectivity index (χ3n) is 1.54. The summed E-state index contributed by atoms with van der Waals surface area (Å²) in [6.45, 7) is 4.10. The number of rotatable bonds is 4.